The Morgan fingerprint density at radius 3 is 2.63 bits per heavy atom. The molecule has 0 unspecified atom stereocenters. The van der Waals surface area contributed by atoms with Crippen molar-refractivity contribution in [3.8, 4) is 5.75 Å². The summed E-state index contributed by atoms with van der Waals surface area (Å²) in [5.41, 5.74) is 8.73. The Labute approximate surface area is 224 Å². The molecule has 0 radical (unpaired) electrons. The van der Waals surface area contributed by atoms with Crippen LogP contribution in [0.15, 0.2) is 12.4 Å². The zero-order valence-corrected chi connectivity index (χ0v) is 22.8. The van der Waals surface area contributed by atoms with Crippen molar-refractivity contribution in [2.45, 2.75) is 41.0 Å². The SMILES string of the molecule is COCn1cc(NC(=O)C(C)C)nc1/C=C1\C(=O)N(Cc2ncc(C)c(OC)c2C)c2nc(N)nc(Cl)c21. The molecule has 200 valence electrons. The number of methoxy groups -OCH3 is 2. The molecule has 3 aromatic rings. The van der Waals surface area contributed by atoms with Gasteiger partial charge < -0.3 is 25.1 Å². The minimum absolute atomic E-state index is 0.0268. The van der Waals surface area contributed by atoms with E-state index in [2.05, 4.69) is 25.3 Å². The largest absolute Gasteiger partial charge is 0.496 e. The fourth-order valence-electron chi connectivity index (χ4n) is 4.12. The average molecular weight is 541 g/mol. The van der Waals surface area contributed by atoms with Crippen LogP contribution in [0.5, 0.6) is 5.75 Å². The molecule has 13 heteroatoms. The predicted octanol–water partition coefficient (Wildman–Crippen LogP) is 3.21. The summed E-state index contributed by atoms with van der Waals surface area (Å²) in [5.74, 6) is 0.750. The molecule has 1 aliphatic heterocycles. The van der Waals surface area contributed by atoms with Gasteiger partial charge in [-0.05, 0) is 19.9 Å². The zero-order valence-electron chi connectivity index (χ0n) is 22.0. The second-order valence-electron chi connectivity index (χ2n) is 9.08. The van der Waals surface area contributed by atoms with E-state index in [1.807, 2.05) is 13.8 Å². The van der Waals surface area contributed by atoms with Crippen molar-refractivity contribution in [1.82, 2.24) is 24.5 Å². The van der Waals surface area contributed by atoms with E-state index in [0.717, 1.165) is 11.1 Å². The van der Waals surface area contributed by atoms with Crippen molar-refractivity contribution in [2.75, 3.05) is 30.2 Å². The summed E-state index contributed by atoms with van der Waals surface area (Å²) < 4.78 is 12.5. The Kier molecular flexibility index (Phi) is 7.65. The van der Waals surface area contributed by atoms with E-state index in [1.165, 1.54) is 12.0 Å². The third-order valence-corrected chi connectivity index (χ3v) is 6.32. The number of nitrogens with two attached hydrogens (primary N) is 1. The zero-order chi connectivity index (χ0) is 27.7. The monoisotopic (exact) mass is 540 g/mol. The highest BCUT2D eigenvalue weighted by Crippen LogP contribution is 2.41. The highest BCUT2D eigenvalue weighted by molar-refractivity contribution is 6.41. The second-order valence-corrected chi connectivity index (χ2v) is 9.44. The van der Waals surface area contributed by atoms with Gasteiger partial charge in [-0.25, -0.2) is 9.97 Å². The van der Waals surface area contributed by atoms with Crippen LogP contribution < -0.4 is 20.7 Å². The molecule has 2 amide bonds. The van der Waals surface area contributed by atoms with Crippen LogP contribution in [0.25, 0.3) is 11.6 Å². The smallest absolute Gasteiger partial charge is 0.260 e. The van der Waals surface area contributed by atoms with E-state index < -0.39 is 0 Å². The average Bonchev–Trinajstić information content (AvgIpc) is 3.34. The molecule has 0 atom stereocenters. The van der Waals surface area contributed by atoms with Crippen molar-refractivity contribution in [3.63, 3.8) is 0 Å². The maximum Gasteiger partial charge on any atom is 0.260 e. The van der Waals surface area contributed by atoms with E-state index >= 15 is 0 Å². The number of hydrogen-bond acceptors (Lipinski definition) is 9. The molecular formula is C25H29ClN8O4. The summed E-state index contributed by atoms with van der Waals surface area (Å²) in [6.45, 7) is 7.56. The van der Waals surface area contributed by atoms with Gasteiger partial charge in [0.05, 0.1) is 36.7 Å². The third-order valence-electron chi connectivity index (χ3n) is 6.05. The Morgan fingerprint density at radius 2 is 1.97 bits per heavy atom. The van der Waals surface area contributed by atoms with Crippen LogP contribution in [0.2, 0.25) is 5.15 Å². The number of pyridine rings is 1. The molecule has 0 saturated carbocycles. The standard InChI is InChI=1S/C25H29ClN8O4/c1-12(2)23(35)30-17-10-33(11-37-5)18(29-17)7-15-19-21(26)31-25(27)32-22(19)34(24(15)36)9-16-14(4)20(38-6)13(3)8-28-16/h7-8,10,12H,9,11H2,1-6H3,(H,30,35)(H2,27,31,32)/b15-7-. The van der Waals surface area contributed by atoms with E-state index in [0.29, 0.717) is 28.6 Å². The quantitative estimate of drug-likeness (QED) is 0.324. The Bertz CT molecular complexity index is 1450. The summed E-state index contributed by atoms with van der Waals surface area (Å²) in [5, 5.41) is 2.79. The number of imidazole rings is 1. The number of anilines is 3. The minimum atomic E-state index is -0.387. The molecule has 0 aliphatic carbocycles. The number of amides is 2. The maximum atomic E-state index is 13.8. The molecule has 4 heterocycles. The summed E-state index contributed by atoms with van der Waals surface area (Å²) in [6.07, 6.45) is 4.88. The van der Waals surface area contributed by atoms with Gasteiger partial charge in [-0.2, -0.15) is 4.98 Å². The van der Waals surface area contributed by atoms with Gasteiger partial charge in [0.1, 0.15) is 23.5 Å². The van der Waals surface area contributed by atoms with Crippen molar-refractivity contribution in [3.05, 3.63) is 45.8 Å². The minimum Gasteiger partial charge on any atom is -0.496 e. The molecule has 12 nitrogen and oxygen atoms in total. The molecule has 0 aromatic carbocycles. The molecule has 3 aromatic heterocycles. The predicted molar refractivity (Wildman–Crippen MR) is 143 cm³/mol. The summed E-state index contributed by atoms with van der Waals surface area (Å²) >= 11 is 6.48. The van der Waals surface area contributed by atoms with Crippen molar-refractivity contribution < 1.29 is 19.1 Å². The normalized spacial score (nSPS) is 13.9. The lowest BCUT2D eigenvalue weighted by Crippen LogP contribution is -2.27. The number of carbonyl (C=O) groups is 2. The van der Waals surface area contributed by atoms with Gasteiger partial charge >= 0.3 is 0 Å². The van der Waals surface area contributed by atoms with Crippen molar-refractivity contribution >= 4 is 52.6 Å². The number of nitrogens with zero attached hydrogens (tertiary/aromatic N) is 6. The molecule has 3 N–H and O–H groups in total. The Morgan fingerprint density at radius 1 is 1.24 bits per heavy atom. The number of ether oxygens (including phenoxy) is 2. The van der Waals surface area contributed by atoms with Crippen LogP contribution in [0.4, 0.5) is 17.6 Å². The van der Waals surface area contributed by atoms with E-state index in [-0.39, 0.29) is 53.5 Å². The maximum absolute atomic E-state index is 13.8. The van der Waals surface area contributed by atoms with Crippen LogP contribution in [0.1, 0.15) is 42.1 Å². The highest BCUT2D eigenvalue weighted by atomic mass is 35.5. The lowest BCUT2D eigenvalue weighted by atomic mass is 10.1. The van der Waals surface area contributed by atoms with Gasteiger partial charge in [-0.15, -0.1) is 0 Å². The first-order chi connectivity index (χ1) is 18.0. The van der Waals surface area contributed by atoms with Gasteiger partial charge in [-0.1, -0.05) is 25.4 Å². The molecule has 0 fully saturated rings. The van der Waals surface area contributed by atoms with Gasteiger partial charge in [-0.3, -0.25) is 19.5 Å². The number of fused-ring (bicyclic) bond motifs is 1. The molecular weight excluding hydrogens is 512 g/mol. The fraction of sp³-hybridized carbons (Fsp3) is 0.360. The third kappa shape index (κ3) is 5.04. The fourth-order valence-corrected chi connectivity index (χ4v) is 4.40. The van der Waals surface area contributed by atoms with E-state index in [9.17, 15) is 9.59 Å². The lowest BCUT2D eigenvalue weighted by molar-refractivity contribution is -0.119. The van der Waals surface area contributed by atoms with Crippen LogP contribution >= 0.6 is 11.6 Å². The Hall–Kier alpha value is -4.03. The van der Waals surface area contributed by atoms with E-state index in [4.69, 9.17) is 26.8 Å². The van der Waals surface area contributed by atoms with Gasteiger partial charge in [0, 0.05) is 30.4 Å². The number of aromatic nitrogens is 5. The van der Waals surface area contributed by atoms with Crippen LogP contribution in [-0.2, 0) is 27.6 Å². The van der Waals surface area contributed by atoms with Crippen LogP contribution in [-0.4, -0.2) is 50.5 Å². The van der Waals surface area contributed by atoms with E-state index in [1.54, 1.807) is 44.0 Å². The highest BCUT2D eigenvalue weighted by Gasteiger charge is 2.38. The van der Waals surface area contributed by atoms with Gasteiger partial charge in [0.15, 0.2) is 11.6 Å². The van der Waals surface area contributed by atoms with Crippen LogP contribution in [0.3, 0.4) is 0 Å². The molecule has 0 saturated heterocycles. The number of carbonyl (C=O) groups excluding carboxylic acids is 2. The number of aryl methyl sites for hydroxylation is 1. The van der Waals surface area contributed by atoms with Gasteiger partial charge in [0.2, 0.25) is 11.9 Å². The summed E-state index contributed by atoms with van der Waals surface area (Å²) in [4.78, 5) is 44.9. The first-order valence-electron chi connectivity index (χ1n) is 11.8. The van der Waals surface area contributed by atoms with Crippen LogP contribution in [0, 0.1) is 19.8 Å². The lowest BCUT2D eigenvalue weighted by Gasteiger charge is -2.19. The molecule has 1 aliphatic rings. The number of halogens is 1. The molecule has 0 spiro atoms. The number of rotatable bonds is 8. The molecule has 0 bridgehead atoms. The number of nitrogen functional groups attached to an aromatic ring is 1. The van der Waals surface area contributed by atoms with Crippen molar-refractivity contribution in [2.24, 2.45) is 5.92 Å². The number of nitrogens with one attached hydrogen (secondary N) is 1. The first-order valence-corrected chi connectivity index (χ1v) is 12.2. The molecule has 38 heavy (non-hydrogen) atoms. The topological polar surface area (TPSA) is 150 Å². The molecule has 4 rings (SSSR count). The summed E-state index contributed by atoms with van der Waals surface area (Å²) in [7, 11) is 3.11. The second kappa shape index (κ2) is 10.8. The summed E-state index contributed by atoms with van der Waals surface area (Å²) in [6, 6.07) is 0. The first kappa shape index (κ1) is 27.0. The number of hydrogen-bond donors (Lipinski definition) is 2. The van der Waals surface area contributed by atoms with Gasteiger partial charge in [0.25, 0.3) is 5.91 Å². The Balaban J connectivity index is 1.80. The van der Waals surface area contributed by atoms with Crippen molar-refractivity contribution in [1.29, 1.82) is 0 Å².